The van der Waals surface area contributed by atoms with E-state index in [9.17, 15) is 63.7 Å². The minimum absolute atomic E-state index is 0. The number of nitro benzene ring substituents is 3. The van der Waals surface area contributed by atoms with E-state index in [0.717, 1.165) is 54.2 Å². The number of azo groups is 2. The maximum absolute atomic E-state index is 12.5. The van der Waals surface area contributed by atoms with Gasteiger partial charge < -0.3 is 36.4 Å². The molecule has 7 aromatic carbocycles. The SMILES string of the molecule is O=[N+]([O-])c1cc(N=Nc2c(O)ccc3ccccc23)c([O-])c([N+](=O)[O-])c1.O=[N+]([O-])c1ccc2c(N=Nc3c([O-])ccc4ccccc34)c([O-])cc(S(=O)(=O)[O-])c2c1.[Cr+3].[NH3+]CCS.[NH3+]CCS. The topological polar surface area (TPSA) is 381 Å². The first-order valence-corrected chi connectivity index (χ1v) is 21.1. The molecule has 0 spiro atoms. The molecule has 0 aliphatic carbocycles. The number of hydrogen-bond donors (Lipinski definition) is 5. The van der Waals surface area contributed by atoms with Crippen LogP contribution < -0.4 is 26.8 Å². The molecule has 66 heavy (non-hydrogen) atoms. The smallest absolute Gasteiger partial charge is 0.871 e. The molecular formula is C40H35CrN9O13S3+. The normalized spacial score (nSPS) is 10.9. The van der Waals surface area contributed by atoms with E-state index in [1.165, 1.54) is 12.1 Å². The molecular weight excluding hydrogens is 963 g/mol. The zero-order chi connectivity index (χ0) is 48.0. The Hall–Kier alpha value is -7.02. The van der Waals surface area contributed by atoms with E-state index >= 15 is 0 Å². The van der Waals surface area contributed by atoms with Crippen molar-refractivity contribution in [1.82, 2.24) is 0 Å². The van der Waals surface area contributed by atoms with Crippen LogP contribution in [0.2, 0.25) is 0 Å². The van der Waals surface area contributed by atoms with Crippen LogP contribution in [0.25, 0.3) is 32.3 Å². The second-order valence-corrected chi connectivity index (χ2v) is 15.1. The van der Waals surface area contributed by atoms with Crippen LogP contribution in [0.1, 0.15) is 0 Å². The first-order chi connectivity index (χ1) is 30.9. The van der Waals surface area contributed by atoms with Crippen molar-refractivity contribution in [2.24, 2.45) is 20.5 Å². The van der Waals surface area contributed by atoms with Crippen LogP contribution >= 0.6 is 25.3 Å². The summed E-state index contributed by atoms with van der Waals surface area (Å²) in [5.41, 5.74) is 4.02. The van der Waals surface area contributed by atoms with E-state index < -0.39 is 69.8 Å². The van der Waals surface area contributed by atoms with Gasteiger partial charge >= 0.3 is 17.4 Å². The van der Waals surface area contributed by atoms with Gasteiger partial charge in [-0.3, -0.25) is 30.3 Å². The quantitative estimate of drug-likeness (QED) is 0.0370. The summed E-state index contributed by atoms with van der Waals surface area (Å²) in [4.78, 5) is 29.3. The predicted molar refractivity (Wildman–Crippen MR) is 238 cm³/mol. The molecule has 7 N–H and O–H groups in total. The average molecular weight is 998 g/mol. The molecule has 7 rings (SSSR count). The van der Waals surface area contributed by atoms with Gasteiger partial charge in [-0.15, -0.1) is 5.11 Å². The number of fused-ring (bicyclic) bond motifs is 3. The van der Waals surface area contributed by atoms with Gasteiger partial charge in [-0.25, -0.2) is 8.42 Å². The first kappa shape index (κ1) is 53.3. The summed E-state index contributed by atoms with van der Waals surface area (Å²) in [6, 6.07) is 24.7. The van der Waals surface area contributed by atoms with Crippen molar-refractivity contribution in [3.05, 3.63) is 140 Å². The molecule has 0 heterocycles. The molecule has 0 bridgehead atoms. The van der Waals surface area contributed by atoms with Crippen molar-refractivity contribution in [3.63, 3.8) is 0 Å². The second-order valence-electron chi connectivity index (χ2n) is 12.8. The number of thiol groups is 2. The van der Waals surface area contributed by atoms with Gasteiger partial charge in [-0.1, -0.05) is 78.2 Å². The first-order valence-electron chi connectivity index (χ1n) is 18.4. The predicted octanol–water partition coefficient (Wildman–Crippen LogP) is 5.53. The monoisotopic (exact) mass is 997 g/mol. The molecule has 7 aromatic rings. The number of rotatable bonds is 10. The summed E-state index contributed by atoms with van der Waals surface area (Å²) < 4.78 is 34.8. The fraction of sp³-hybridized carbons (Fsp3) is 0.100. The summed E-state index contributed by atoms with van der Waals surface area (Å²) in [6.45, 7) is 1.87. The van der Waals surface area contributed by atoms with Crippen molar-refractivity contribution < 1.29 is 77.0 Å². The third-order valence-electron chi connectivity index (χ3n) is 8.51. The minimum atomic E-state index is -5.11. The number of nitrogens with zero attached hydrogens (tertiary/aromatic N) is 7. The second kappa shape index (κ2) is 24.3. The summed E-state index contributed by atoms with van der Waals surface area (Å²) >= 11 is 7.72. The molecule has 0 aliphatic rings. The summed E-state index contributed by atoms with van der Waals surface area (Å²) in [6.07, 6.45) is 0. The molecule has 0 saturated carbocycles. The van der Waals surface area contributed by atoms with Crippen molar-refractivity contribution in [2.45, 2.75) is 4.90 Å². The zero-order valence-corrected chi connectivity index (χ0v) is 37.7. The molecule has 0 atom stereocenters. The van der Waals surface area contributed by atoms with E-state index in [1.807, 2.05) is 0 Å². The van der Waals surface area contributed by atoms with Gasteiger partial charge in [0.2, 0.25) is 0 Å². The van der Waals surface area contributed by atoms with Gasteiger partial charge in [0.15, 0.2) is 0 Å². The van der Waals surface area contributed by atoms with Gasteiger partial charge in [0.25, 0.3) is 17.1 Å². The fourth-order valence-electron chi connectivity index (χ4n) is 5.55. The minimum Gasteiger partial charge on any atom is -0.871 e. The molecule has 0 aliphatic heterocycles. The molecule has 0 unspecified atom stereocenters. The van der Waals surface area contributed by atoms with E-state index in [4.69, 9.17) is 0 Å². The number of non-ortho nitro benzene ring substituents is 2. The van der Waals surface area contributed by atoms with Crippen LogP contribution in [-0.2, 0) is 27.5 Å². The molecule has 0 saturated heterocycles. The van der Waals surface area contributed by atoms with E-state index in [1.54, 1.807) is 60.7 Å². The molecule has 0 amide bonds. The maximum atomic E-state index is 12.5. The molecule has 0 aromatic heterocycles. The molecule has 26 heteroatoms. The van der Waals surface area contributed by atoms with Gasteiger partial charge in [-0.05, 0) is 29.0 Å². The van der Waals surface area contributed by atoms with Crippen LogP contribution in [0.15, 0.2) is 135 Å². The van der Waals surface area contributed by atoms with Crippen LogP contribution in [0.4, 0.5) is 39.8 Å². The molecule has 341 valence electrons. The van der Waals surface area contributed by atoms with Gasteiger partial charge in [-0.2, -0.15) is 40.6 Å². The maximum Gasteiger partial charge on any atom is 3.00 e. The number of quaternary nitrogens is 2. The number of hydrogen-bond acceptors (Lipinski definition) is 19. The Bertz CT molecular complexity index is 3080. The third kappa shape index (κ3) is 13.3. The Morgan fingerprint density at radius 1 is 0.576 bits per heavy atom. The van der Waals surface area contributed by atoms with Crippen molar-refractivity contribution in [2.75, 3.05) is 24.6 Å². The van der Waals surface area contributed by atoms with Gasteiger partial charge in [0.1, 0.15) is 21.6 Å². The molecule has 1 radical (unpaired) electrons. The van der Waals surface area contributed by atoms with Crippen LogP contribution in [-0.4, -0.2) is 57.4 Å². The van der Waals surface area contributed by atoms with Crippen LogP contribution in [0.5, 0.6) is 23.0 Å². The number of phenols is 1. The summed E-state index contributed by atoms with van der Waals surface area (Å²) in [7, 11) is -5.11. The van der Waals surface area contributed by atoms with E-state index in [2.05, 4.69) is 57.2 Å². The largest absolute Gasteiger partial charge is 3.00 e. The Morgan fingerprint density at radius 3 is 1.59 bits per heavy atom. The summed E-state index contributed by atoms with van der Waals surface area (Å²) in [5, 5.41) is 97.0. The standard InChI is InChI=1S/C20H13N3O7S.C16H10N4O6.2C2H7NS.Cr/c24-16-8-5-11-3-1-2-4-13(11)19(16)21-22-20-14-7-6-12(23(26)27)9-15(14)18(10-17(20)25)31(28,29)30;21-14-6-5-9-3-1-2-4-11(9)15(14)18-17-12-7-10(19(23)24)8-13(16(12)22)20(25)26;2*3-1-2-4;/h1-10,24-25H,(H,28,29,30);1-8,21-22H;2*4H,1-3H2;/q;;;;+3/p-2. The van der Waals surface area contributed by atoms with Gasteiger partial charge in [0.05, 0.1) is 55.9 Å². The average Bonchev–Trinajstić information content (AvgIpc) is 3.28. The van der Waals surface area contributed by atoms with Crippen molar-refractivity contribution >= 4 is 108 Å². The van der Waals surface area contributed by atoms with Crippen LogP contribution in [0, 0.1) is 30.3 Å². The third-order valence-corrected chi connectivity index (χ3v) is 10.0. The number of phenolic OH excluding ortho intramolecular Hbond substituents is 1. The fourth-order valence-corrected chi connectivity index (χ4v) is 6.24. The number of aromatic hydroxyl groups is 1. The zero-order valence-electron chi connectivity index (χ0n) is 33.8. The Balaban J connectivity index is 0.000000301. The van der Waals surface area contributed by atoms with E-state index in [-0.39, 0.29) is 50.9 Å². The Labute approximate surface area is 395 Å². The Kier molecular flexibility index (Phi) is 19.6. The van der Waals surface area contributed by atoms with E-state index in [0.29, 0.717) is 28.3 Å². The Morgan fingerprint density at radius 2 is 1.08 bits per heavy atom. The van der Waals surface area contributed by atoms with Gasteiger partial charge in [0, 0.05) is 57.0 Å². The van der Waals surface area contributed by atoms with Crippen LogP contribution in [0.3, 0.4) is 0 Å². The number of benzene rings is 7. The molecule has 22 nitrogen and oxygen atoms in total. The number of nitro groups is 3. The molecule has 0 fully saturated rings. The summed E-state index contributed by atoms with van der Waals surface area (Å²) in [5.74, 6) is -0.912. The van der Waals surface area contributed by atoms with Crippen molar-refractivity contribution in [3.8, 4) is 23.0 Å². The van der Waals surface area contributed by atoms with Crippen molar-refractivity contribution in [1.29, 1.82) is 0 Å².